The molecule has 1 rings (SSSR count). The Kier molecular flexibility index (Phi) is 7.82. The molecule has 96 valence electrons. The molecule has 0 radical (unpaired) electrons. The van der Waals surface area contributed by atoms with Crippen LogP contribution in [0.2, 0.25) is 0 Å². The fraction of sp³-hybridized carbons (Fsp3) is 0.571. The van der Waals surface area contributed by atoms with Gasteiger partial charge in [-0.1, -0.05) is 19.1 Å². The Hall–Kier alpha value is -0.120. The third kappa shape index (κ3) is 5.84. The first-order chi connectivity index (χ1) is 8.27. The van der Waals surface area contributed by atoms with Gasteiger partial charge in [-0.3, -0.25) is 0 Å². The Labute approximate surface area is 114 Å². The monoisotopic (exact) mass is 269 g/mol. The number of rotatable bonds is 8. The van der Waals surface area contributed by atoms with Crippen LogP contribution in [0, 0.1) is 0 Å². The van der Waals surface area contributed by atoms with Gasteiger partial charge < -0.3 is 5.32 Å². The van der Waals surface area contributed by atoms with Crippen LogP contribution in [-0.2, 0) is 0 Å². The van der Waals surface area contributed by atoms with Crippen molar-refractivity contribution >= 4 is 23.5 Å². The summed E-state index contributed by atoms with van der Waals surface area (Å²) >= 11 is 3.90. The number of hydrogen-bond donors (Lipinski definition) is 1. The minimum atomic E-state index is 0.451. The van der Waals surface area contributed by atoms with Crippen molar-refractivity contribution in [2.24, 2.45) is 0 Å². The summed E-state index contributed by atoms with van der Waals surface area (Å²) in [5.41, 5.74) is 1.39. The van der Waals surface area contributed by atoms with Crippen molar-refractivity contribution in [3.8, 4) is 0 Å². The first-order valence-corrected chi connectivity index (χ1v) is 8.61. The minimum Gasteiger partial charge on any atom is -0.310 e. The molecular formula is C14H23NS2. The molecule has 0 aliphatic heterocycles. The predicted molar refractivity (Wildman–Crippen MR) is 82.3 cm³/mol. The van der Waals surface area contributed by atoms with Crippen molar-refractivity contribution < 1.29 is 0 Å². The molecule has 0 bridgehead atoms. The van der Waals surface area contributed by atoms with E-state index in [1.54, 1.807) is 0 Å². The first-order valence-electron chi connectivity index (χ1n) is 6.23. The standard InChI is InChI=1S/C14H23NS2/c1-4-15-12(2)13-7-5-8-14(11-13)17-10-6-9-16-3/h5,7-8,11-12,15H,4,6,9-10H2,1-3H3. The maximum Gasteiger partial charge on any atom is 0.0292 e. The van der Waals surface area contributed by atoms with E-state index < -0.39 is 0 Å². The molecule has 0 heterocycles. The highest BCUT2D eigenvalue weighted by Gasteiger charge is 2.04. The lowest BCUT2D eigenvalue weighted by molar-refractivity contribution is 0.597. The van der Waals surface area contributed by atoms with Crippen molar-refractivity contribution in [2.75, 3.05) is 24.3 Å². The Morgan fingerprint density at radius 3 is 2.82 bits per heavy atom. The van der Waals surface area contributed by atoms with Gasteiger partial charge in [0.1, 0.15) is 0 Å². The molecule has 1 N–H and O–H groups in total. The SMILES string of the molecule is CCNC(C)c1cccc(SCCCSC)c1. The molecule has 0 aromatic heterocycles. The average molecular weight is 269 g/mol. The van der Waals surface area contributed by atoms with Crippen molar-refractivity contribution in [3.05, 3.63) is 29.8 Å². The highest BCUT2D eigenvalue weighted by atomic mass is 32.2. The fourth-order valence-electron chi connectivity index (χ4n) is 1.69. The molecule has 1 aromatic carbocycles. The number of benzene rings is 1. The summed E-state index contributed by atoms with van der Waals surface area (Å²) in [6.07, 6.45) is 3.46. The molecule has 0 spiro atoms. The van der Waals surface area contributed by atoms with Crippen LogP contribution in [0.3, 0.4) is 0 Å². The van der Waals surface area contributed by atoms with Gasteiger partial charge in [0, 0.05) is 10.9 Å². The van der Waals surface area contributed by atoms with Gasteiger partial charge in [0.2, 0.25) is 0 Å². The van der Waals surface area contributed by atoms with Gasteiger partial charge in [-0.2, -0.15) is 11.8 Å². The van der Waals surface area contributed by atoms with E-state index in [1.807, 2.05) is 23.5 Å². The van der Waals surface area contributed by atoms with Crippen LogP contribution in [0.15, 0.2) is 29.2 Å². The summed E-state index contributed by atoms with van der Waals surface area (Å²) in [7, 11) is 0. The van der Waals surface area contributed by atoms with Gasteiger partial charge in [-0.05, 0) is 55.3 Å². The smallest absolute Gasteiger partial charge is 0.0292 e. The van der Waals surface area contributed by atoms with Crippen molar-refractivity contribution in [1.82, 2.24) is 5.32 Å². The Balaban J connectivity index is 2.47. The average Bonchev–Trinajstić information content (AvgIpc) is 2.35. The predicted octanol–water partition coefficient (Wildman–Crippen LogP) is 4.20. The zero-order valence-corrected chi connectivity index (χ0v) is 12.7. The molecule has 0 aliphatic carbocycles. The van der Waals surface area contributed by atoms with E-state index >= 15 is 0 Å². The van der Waals surface area contributed by atoms with Crippen LogP contribution in [0.5, 0.6) is 0 Å². The second-order valence-corrected chi connectivity index (χ2v) is 6.20. The van der Waals surface area contributed by atoms with Gasteiger partial charge in [0.05, 0.1) is 0 Å². The second kappa shape index (κ2) is 8.90. The van der Waals surface area contributed by atoms with Crippen molar-refractivity contribution in [2.45, 2.75) is 31.2 Å². The topological polar surface area (TPSA) is 12.0 Å². The summed E-state index contributed by atoms with van der Waals surface area (Å²) in [5.74, 6) is 2.49. The lowest BCUT2D eigenvalue weighted by Crippen LogP contribution is -2.17. The van der Waals surface area contributed by atoms with E-state index in [9.17, 15) is 0 Å². The molecule has 0 fully saturated rings. The van der Waals surface area contributed by atoms with Crippen LogP contribution in [0.4, 0.5) is 0 Å². The summed E-state index contributed by atoms with van der Waals surface area (Å²) in [6.45, 7) is 5.39. The van der Waals surface area contributed by atoms with E-state index in [1.165, 1.54) is 28.4 Å². The van der Waals surface area contributed by atoms with Crippen LogP contribution in [0.1, 0.15) is 31.9 Å². The van der Waals surface area contributed by atoms with E-state index in [0.717, 1.165) is 6.54 Å². The summed E-state index contributed by atoms with van der Waals surface area (Å²) in [5, 5.41) is 3.45. The third-order valence-electron chi connectivity index (χ3n) is 2.63. The summed E-state index contributed by atoms with van der Waals surface area (Å²) < 4.78 is 0. The van der Waals surface area contributed by atoms with Crippen LogP contribution >= 0.6 is 23.5 Å². The molecule has 0 amide bonds. The van der Waals surface area contributed by atoms with Crippen LogP contribution in [0.25, 0.3) is 0 Å². The maximum atomic E-state index is 3.45. The molecule has 0 saturated heterocycles. The lowest BCUT2D eigenvalue weighted by atomic mass is 10.1. The van der Waals surface area contributed by atoms with Gasteiger partial charge in [0.25, 0.3) is 0 Å². The third-order valence-corrected chi connectivity index (χ3v) is 4.41. The molecular weight excluding hydrogens is 246 g/mol. The van der Waals surface area contributed by atoms with Gasteiger partial charge in [0.15, 0.2) is 0 Å². The molecule has 17 heavy (non-hydrogen) atoms. The van der Waals surface area contributed by atoms with Gasteiger partial charge in [-0.25, -0.2) is 0 Å². The lowest BCUT2D eigenvalue weighted by Gasteiger charge is -2.13. The van der Waals surface area contributed by atoms with E-state index in [4.69, 9.17) is 0 Å². The highest BCUT2D eigenvalue weighted by Crippen LogP contribution is 2.23. The Morgan fingerprint density at radius 2 is 2.12 bits per heavy atom. The van der Waals surface area contributed by atoms with E-state index in [2.05, 4.69) is 49.7 Å². The zero-order chi connectivity index (χ0) is 12.5. The second-order valence-electron chi connectivity index (χ2n) is 4.05. The number of thioether (sulfide) groups is 2. The Bertz CT molecular complexity index is 315. The minimum absolute atomic E-state index is 0.451. The van der Waals surface area contributed by atoms with Gasteiger partial charge in [-0.15, -0.1) is 11.8 Å². The molecule has 1 atom stereocenters. The van der Waals surface area contributed by atoms with E-state index in [-0.39, 0.29) is 0 Å². The molecule has 1 nitrogen and oxygen atoms in total. The molecule has 0 saturated carbocycles. The zero-order valence-electron chi connectivity index (χ0n) is 11.0. The van der Waals surface area contributed by atoms with Crippen LogP contribution < -0.4 is 5.32 Å². The normalized spacial score (nSPS) is 12.6. The number of nitrogens with one attached hydrogen (secondary N) is 1. The highest BCUT2D eigenvalue weighted by molar-refractivity contribution is 7.99. The molecule has 0 aliphatic rings. The largest absolute Gasteiger partial charge is 0.310 e. The fourth-order valence-corrected chi connectivity index (χ4v) is 3.23. The number of hydrogen-bond acceptors (Lipinski definition) is 3. The molecule has 1 unspecified atom stereocenters. The summed E-state index contributed by atoms with van der Waals surface area (Å²) in [4.78, 5) is 1.40. The maximum absolute atomic E-state index is 3.45. The Morgan fingerprint density at radius 1 is 1.29 bits per heavy atom. The van der Waals surface area contributed by atoms with Crippen molar-refractivity contribution in [1.29, 1.82) is 0 Å². The van der Waals surface area contributed by atoms with Crippen molar-refractivity contribution in [3.63, 3.8) is 0 Å². The summed E-state index contributed by atoms with van der Waals surface area (Å²) in [6, 6.07) is 9.36. The van der Waals surface area contributed by atoms with Crippen LogP contribution in [-0.4, -0.2) is 24.3 Å². The quantitative estimate of drug-likeness (QED) is 0.561. The first kappa shape index (κ1) is 14.9. The van der Waals surface area contributed by atoms with E-state index in [0.29, 0.717) is 6.04 Å². The molecule has 1 aromatic rings. The van der Waals surface area contributed by atoms with Gasteiger partial charge >= 0.3 is 0 Å². The molecule has 3 heteroatoms.